The summed E-state index contributed by atoms with van der Waals surface area (Å²) in [5.74, 6) is 0. The Morgan fingerprint density at radius 2 is 2.10 bits per heavy atom. The van der Waals surface area contributed by atoms with Crippen molar-refractivity contribution < 1.29 is 5.11 Å². The molecule has 0 aliphatic rings. The lowest BCUT2D eigenvalue weighted by atomic mass is 10.2. The molecule has 116 valence electrons. The van der Waals surface area contributed by atoms with Crippen LogP contribution in [-0.2, 0) is 19.6 Å². The zero-order valence-corrected chi connectivity index (χ0v) is 13.3. The molecule has 21 heavy (non-hydrogen) atoms. The molecule has 2 N–H and O–H groups in total. The van der Waals surface area contributed by atoms with E-state index in [4.69, 9.17) is 5.11 Å². The first-order valence-electron chi connectivity index (χ1n) is 7.37. The van der Waals surface area contributed by atoms with Crippen LogP contribution in [0.4, 0.5) is 0 Å². The summed E-state index contributed by atoms with van der Waals surface area (Å²) >= 11 is 0. The highest BCUT2D eigenvalue weighted by molar-refractivity contribution is 5.24. The number of aromatic nitrogens is 4. The molecule has 1 atom stereocenters. The smallest absolute Gasteiger partial charge is 0.0644 e. The van der Waals surface area contributed by atoms with Gasteiger partial charge in [0, 0.05) is 30.0 Å². The summed E-state index contributed by atoms with van der Waals surface area (Å²) in [7, 11) is 0. The quantitative estimate of drug-likeness (QED) is 0.804. The van der Waals surface area contributed by atoms with Gasteiger partial charge in [-0.3, -0.25) is 9.36 Å². The van der Waals surface area contributed by atoms with Gasteiger partial charge < -0.3 is 10.4 Å². The van der Waals surface area contributed by atoms with E-state index in [2.05, 4.69) is 22.4 Å². The largest absolute Gasteiger partial charge is 0.394 e. The van der Waals surface area contributed by atoms with Gasteiger partial charge in [0.1, 0.15) is 0 Å². The number of aliphatic hydroxyl groups excluding tert-OH is 1. The van der Waals surface area contributed by atoms with E-state index < -0.39 is 0 Å². The van der Waals surface area contributed by atoms with Crippen LogP contribution < -0.4 is 5.32 Å². The summed E-state index contributed by atoms with van der Waals surface area (Å²) < 4.78 is 3.83. The molecule has 0 bridgehead atoms. The Morgan fingerprint density at radius 3 is 2.71 bits per heavy atom. The third-order valence-electron chi connectivity index (χ3n) is 3.69. The van der Waals surface area contributed by atoms with Crippen LogP contribution in [0.5, 0.6) is 0 Å². The highest BCUT2D eigenvalue weighted by Crippen LogP contribution is 2.13. The van der Waals surface area contributed by atoms with Crippen molar-refractivity contribution in [2.45, 2.75) is 53.4 Å². The van der Waals surface area contributed by atoms with Gasteiger partial charge in [-0.15, -0.1) is 0 Å². The lowest BCUT2D eigenvalue weighted by molar-refractivity contribution is 0.267. The molecule has 0 aromatic carbocycles. The van der Waals surface area contributed by atoms with Crippen molar-refractivity contribution in [3.8, 4) is 0 Å². The van der Waals surface area contributed by atoms with Crippen LogP contribution in [0.2, 0.25) is 0 Å². The fraction of sp³-hybridized carbons (Fsp3) is 0.600. The second-order valence-electron chi connectivity index (χ2n) is 5.62. The van der Waals surface area contributed by atoms with Gasteiger partial charge in [-0.05, 0) is 33.3 Å². The molecule has 0 spiro atoms. The van der Waals surface area contributed by atoms with Gasteiger partial charge in [-0.2, -0.15) is 10.2 Å². The predicted molar refractivity (Wildman–Crippen MR) is 82.1 cm³/mol. The van der Waals surface area contributed by atoms with E-state index in [0.29, 0.717) is 12.6 Å². The molecule has 0 amide bonds. The standard InChI is InChI=1S/C15H25N5O/c1-11-7-17-19(9-11)10-12(2)16-8-15-13(3)18-20(5-6-21)14(15)4/h7,9,12,16,21H,5-6,8,10H2,1-4H3. The summed E-state index contributed by atoms with van der Waals surface area (Å²) in [6.07, 6.45) is 3.92. The minimum Gasteiger partial charge on any atom is -0.394 e. The second-order valence-corrected chi connectivity index (χ2v) is 5.62. The molecule has 0 aliphatic heterocycles. The third-order valence-corrected chi connectivity index (χ3v) is 3.69. The minimum atomic E-state index is 0.115. The van der Waals surface area contributed by atoms with E-state index in [-0.39, 0.29) is 6.61 Å². The zero-order chi connectivity index (χ0) is 15.4. The average molecular weight is 291 g/mol. The van der Waals surface area contributed by atoms with E-state index in [0.717, 1.165) is 24.5 Å². The first kappa shape index (κ1) is 15.7. The molecular formula is C15H25N5O. The van der Waals surface area contributed by atoms with Crippen LogP contribution in [0.25, 0.3) is 0 Å². The monoisotopic (exact) mass is 291 g/mol. The predicted octanol–water partition coefficient (Wildman–Crippen LogP) is 1.18. The molecule has 2 heterocycles. The van der Waals surface area contributed by atoms with Crippen molar-refractivity contribution in [3.63, 3.8) is 0 Å². The fourth-order valence-corrected chi connectivity index (χ4v) is 2.49. The molecule has 2 aromatic heterocycles. The van der Waals surface area contributed by atoms with Crippen molar-refractivity contribution in [1.29, 1.82) is 0 Å². The maximum absolute atomic E-state index is 9.04. The number of rotatable bonds is 7. The Kier molecular flexibility index (Phi) is 5.14. The molecule has 2 aromatic rings. The number of nitrogens with zero attached hydrogens (tertiary/aromatic N) is 4. The molecular weight excluding hydrogens is 266 g/mol. The molecule has 6 heteroatoms. The highest BCUT2D eigenvalue weighted by atomic mass is 16.3. The maximum Gasteiger partial charge on any atom is 0.0644 e. The number of nitrogens with one attached hydrogen (secondary N) is 1. The van der Waals surface area contributed by atoms with Gasteiger partial charge in [0.2, 0.25) is 0 Å². The first-order chi connectivity index (χ1) is 10.0. The van der Waals surface area contributed by atoms with Crippen LogP contribution in [0.3, 0.4) is 0 Å². The molecule has 2 rings (SSSR count). The number of hydrogen-bond acceptors (Lipinski definition) is 4. The Morgan fingerprint density at radius 1 is 1.33 bits per heavy atom. The average Bonchev–Trinajstić information content (AvgIpc) is 2.93. The molecule has 0 radical (unpaired) electrons. The number of aryl methyl sites for hydroxylation is 2. The third kappa shape index (κ3) is 3.92. The zero-order valence-electron chi connectivity index (χ0n) is 13.3. The van der Waals surface area contributed by atoms with Crippen molar-refractivity contribution in [3.05, 3.63) is 34.9 Å². The summed E-state index contributed by atoms with van der Waals surface area (Å²) in [6.45, 7) is 10.6. The van der Waals surface area contributed by atoms with Crippen LogP contribution in [-0.4, -0.2) is 37.3 Å². The van der Waals surface area contributed by atoms with Crippen molar-refractivity contribution in [2.24, 2.45) is 0 Å². The minimum absolute atomic E-state index is 0.115. The van der Waals surface area contributed by atoms with Gasteiger partial charge in [-0.1, -0.05) is 0 Å². The van der Waals surface area contributed by atoms with Gasteiger partial charge in [-0.25, -0.2) is 0 Å². The van der Waals surface area contributed by atoms with Crippen LogP contribution in [0, 0.1) is 20.8 Å². The Balaban J connectivity index is 1.93. The molecule has 0 saturated carbocycles. The van der Waals surface area contributed by atoms with Gasteiger partial charge in [0.05, 0.1) is 31.6 Å². The first-order valence-corrected chi connectivity index (χ1v) is 7.37. The van der Waals surface area contributed by atoms with Crippen LogP contribution >= 0.6 is 0 Å². The highest BCUT2D eigenvalue weighted by Gasteiger charge is 2.12. The molecule has 1 unspecified atom stereocenters. The van der Waals surface area contributed by atoms with E-state index in [1.165, 1.54) is 11.1 Å². The summed E-state index contributed by atoms with van der Waals surface area (Å²) in [5, 5.41) is 21.3. The molecule has 0 fully saturated rings. The van der Waals surface area contributed by atoms with Crippen molar-refractivity contribution >= 4 is 0 Å². The van der Waals surface area contributed by atoms with Crippen molar-refractivity contribution in [2.75, 3.05) is 6.61 Å². The van der Waals surface area contributed by atoms with E-state index >= 15 is 0 Å². The summed E-state index contributed by atoms with van der Waals surface area (Å²) in [6, 6.07) is 0.323. The number of hydrogen-bond donors (Lipinski definition) is 2. The van der Waals surface area contributed by atoms with Gasteiger partial charge >= 0.3 is 0 Å². The van der Waals surface area contributed by atoms with E-state index in [1.807, 2.05) is 42.5 Å². The molecule has 6 nitrogen and oxygen atoms in total. The maximum atomic E-state index is 9.04. The fourth-order valence-electron chi connectivity index (χ4n) is 2.49. The van der Waals surface area contributed by atoms with Crippen LogP contribution in [0.15, 0.2) is 12.4 Å². The second kappa shape index (κ2) is 6.87. The summed E-state index contributed by atoms with van der Waals surface area (Å²) in [5.41, 5.74) is 4.54. The Bertz CT molecular complexity index is 587. The number of aliphatic hydroxyl groups is 1. The van der Waals surface area contributed by atoms with Crippen LogP contribution in [0.1, 0.15) is 29.4 Å². The lowest BCUT2D eigenvalue weighted by Gasteiger charge is -2.14. The van der Waals surface area contributed by atoms with E-state index in [9.17, 15) is 0 Å². The normalized spacial score (nSPS) is 12.8. The molecule has 0 saturated heterocycles. The topological polar surface area (TPSA) is 67.9 Å². The summed E-state index contributed by atoms with van der Waals surface area (Å²) in [4.78, 5) is 0. The lowest BCUT2D eigenvalue weighted by Crippen LogP contribution is -2.30. The SMILES string of the molecule is Cc1cnn(CC(C)NCc2c(C)nn(CCO)c2C)c1. The molecule has 0 aliphatic carbocycles. The Labute approximate surface area is 125 Å². The van der Waals surface area contributed by atoms with Crippen molar-refractivity contribution in [1.82, 2.24) is 24.9 Å². The Hall–Kier alpha value is -1.66. The van der Waals surface area contributed by atoms with E-state index in [1.54, 1.807) is 0 Å². The van der Waals surface area contributed by atoms with Gasteiger partial charge in [0.15, 0.2) is 0 Å². The van der Waals surface area contributed by atoms with Gasteiger partial charge in [0.25, 0.3) is 0 Å².